The van der Waals surface area contributed by atoms with Crippen molar-refractivity contribution in [3.63, 3.8) is 0 Å². The topological polar surface area (TPSA) is 40.5 Å². The van der Waals surface area contributed by atoms with Gasteiger partial charge in [0.15, 0.2) is 0 Å². The summed E-state index contributed by atoms with van der Waals surface area (Å²) in [4.78, 5) is 0. The number of hydrogen-bond acceptors (Lipinski definition) is 2. The van der Waals surface area contributed by atoms with Gasteiger partial charge in [0.05, 0.1) is 0 Å². The van der Waals surface area contributed by atoms with Crippen LogP contribution in [0.4, 0.5) is 0 Å². The third-order valence-corrected chi connectivity index (χ3v) is 2.83. The molecule has 12 heavy (non-hydrogen) atoms. The smallest absolute Gasteiger partial charge is 0.120 e. The number of hydrogen-bond donors (Lipinski definition) is 2. The van der Waals surface area contributed by atoms with Gasteiger partial charge in [0.1, 0.15) is 11.9 Å². The summed E-state index contributed by atoms with van der Waals surface area (Å²) in [6.07, 6.45) is 1.29. The van der Waals surface area contributed by atoms with E-state index in [-0.39, 0.29) is 11.7 Å². The van der Waals surface area contributed by atoms with Crippen molar-refractivity contribution in [2.75, 3.05) is 0 Å². The minimum atomic E-state index is -0.626. The van der Waals surface area contributed by atoms with Gasteiger partial charge in [-0.15, -0.1) is 0 Å². The van der Waals surface area contributed by atoms with E-state index in [0.29, 0.717) is 5.92 Å². The van der Waals surface area contributed by atoms with Crippen LogP contribution in [0.1, 0.15) is 33.6 Å². The first-order chi connectivity index (χ1) is 5.54. The standard InChI is InChI=1S/C10H18O2/c1-6(2)8-5-4-7(3)9(11)10(8)12/h6,8,10-12H,4-5H2,1-3H3. The first kappa shape index (κ1) is 9.59. The lowest BCUT2D eigenvalue weighted by Crippen LogP contribution is -2.31. The third kappa shape index (κ3) is 1.63. The zero-order valence-electron chi connectivity index (χ0n) is 8.04. The largest absolute Gasteiger partial charge is 0.510 e. The second kappa shape index (κ2) is 3.48. The van der Waals surface area contributed by atoms with Crippen LogP contribution in [0.5, 0.6) is 0 Å². The van der Waals surface area contributed by atoms with Gasteiger partial charge in [-0.1, -0.05) is 13.8 Å². The summed E-state index contributed by atoms with van der Waals surface area (Å²) in [6.45, 7) is 6.05. The maximum atomic E-state index is 9.67. The van der Waals surface area contributed by atoms with E-state index in [1.54, 1.807) is 0 Å². The summed E-state index contributed by atoms with van der Waals surface area (Å²) in [5, 5.41) is 19.2. The molecule has 2 N–H and O–H groups in total. The van der Waals surface area contributed by atoms with Crippen LogP contribution in [0.15, 0.2) is 11.3 Å². The zero-order valence-corrected chi connectivity index (χ0v) is 8.04. The summed E-state index contributed by atoms with van der Waals surface area (Å²) >= 11 is 0. The van der Waals surface area contributed by atoms with Gasteiger partial charge in [-0.3, -0.25) is 0 Å². The van der Waals surface area contributed by atoms with Crippen LogP contribution < -0.4 is 0 Å². The van der Waals surface area contributed by atoms with E-state index in [4.69, 9.17) is 0 Å². The maximum Gasteiger partial charge on any atom is 0.120 e. The first-order valence-electron chi connectivity index (χ1n) is 4.60. The third-order valence-electron chi connectivity index (χ3n) is 2.83. The highest BCUT2D eigenvalue weighted by molar-refractivity contribution is 5.14. The Labute approximate surface area is 73.9 Å². The Balaban J connectivity index is 2.76. The quantitative estimate of drug-likeness (QED) is 0.633. The summed E-state index contributed by atoms with van der Waals surface area (Å²) in [5.41, 5.74) is 0.944. The van der Waals surface area contributed by atoms with Crippen molar-refractivity contribution in [3.05, 3.63) is 11.3 Å². The lowest BCUT2D eigenvalue weighted by Gasteiger charge is -2.31. The molecule has 1 rings (SSSR count). The van der Waals surface area contributed by atoms with E-state index in [1.807, 2.05) is 6.92 Å². The Hall–Kier alpha value is -0.500. The predicted octanol–water partition coefficient (Wildman–Crippen LogP) is 2.25. The van der Waals surface area contributed by atoms with Gasteiger partial charge in [-0.05, 0) is 37.2 Å². The summed E-state index contributed by atoms with van der Waals surface area (Å²) < 4.78 is 0. The molecule has 0 aromatic heterocycles. The summed E-state index contributed by atoms with van der Waals surface area (Å²) in [5.74, 6) is 0.879. The molecule has 0 aromatic rings. The van der Waals surface area contributed by atoms with Crippen molar-refractivity contribution in [2.24, 2.45) is 11.8 Å². The molecule has 2 atom stereocenters. The molecule has 0 fully saturated rings. The van der Waals surface area contributed by atoms with Crippen LogP contribution in [0.25, 0.3) is 0 Å². The summed E-state index contributed by atoms with van der Waals surface area (Å²) in [6, 6.07) is 0. The zero-order chi connectivity index (χ0) is 9.30. The molecular weight excluding hydrogens is 152 g/mol. The van der Waals surface area contributed by atoms with Crippen LogP contribution in [-0.4, -0.2) is 16.3 Å². The van der Waals surface area contributed by atoms with Gasteiger partial charge in [0, 0.05) is 0 Å². The van der Waals surface area contributed by atoms with Crippen molar-refractivity contribution in [3.8, 4) is 0 Å². The fourth-order valence-corrected chi connectivity index (χ4v) is 1.82. The second-order valence-corrected chi connectivity index (χ2v) is 4.06. The number of aliphatic hydroxyl groups is 2. The van der Waals surface area contributed by atoms with Crippen molar-refractivity contribution < 1.29 is 10.2 Å². The molecular formula is C10H18O2. The SMILES string of the molecule is CC1=C(O)C(O)C(C(C)C)CC1. The van der Waals surface area contributed by atoms with Gasteiger partial charge in [0.2, 0.25) is 0 Å². The molecule has 1 aliphatic rings. The lowest BCUT2D eigenvalue weighted by atomic mass is 9.79. The van der Waals surface area contributed by atoms with E-state index in [1.165, 1.54) is 0 Å². The molecule has 2 unspecified atom stereocenters. The van der Waals surface area contributed by atoms with Crippen molar-refractivity contribution >= 4 is 0 Å². The number of rotatable bonds is 1. The van der Waals surface area contributed by atoms with Crippen LogP contribution in [0.3, 0.4) is 0 Å². The van der Waals surface area contributed by atoms with Gasteiger partial charge < -0.3 is 10.2 Å². The molecule has 0 bridgehead atoms. The highest BCUT2D eigenvalue weighted by Gasteiger charge is 2.30. The Morgan fingerprint density at radius 1 is 1.42 bits per heavy atom. The fourth-order valence-electron chi connectivity index (χ4n) is 1.82. The Kier molecular flexibility index (Phi) is 2.78. The minimum absolute atomic E-state index is 0.208. The Morgan fingerprint density at radius 2 is 2.00 bits per heavy atom. The van der Waals surface area contributed by atoms with Gasteiger partial charge in [0.25, 0.3) is 0 Å². The van der Waals surface area contributed by atoms with E-state index >= 15 is 0 Å². The molecule has 1 aliphatic carbocycles. The highest BCUT2D eigenvalue weighted by Crippen LogP contribution is 2.32. The average Bonchev–Trinajstić information content (AvgIpc) is 2.00. The number of allylic oxidation sites excluding steroid dienone is 1. The van der Waals surface area contributed by atoms with E-state index < -0.39 is 6.10 Å². The summed E-state index contributed by atoms with van der Waals surface area (Å²) in [7, 11) is 0. The molecule has 2 nitrogen and oxygen atoms in total. The average molecular weight is 170 g/mol. The molecule has 0 aliphatic heterocycles. The molecule has 70 valence electrons. The normalized spacial score (nSPS) is 31.4. The number of aliphatic hydroxyl groups excluding tert-OH is 2. The lowest BCUT2D eigenvalue weighted by molar-refractivity contribution is 0.0571. The van der Waals surface area contributed by atoms with E-state index in [9.17, 15) is 10.2 Å². The van der Waals surface area contributed by atoms with Gasteiger partial charge in [-0.25, -0.2) is 0 Å². The maximum absolute atomic E-state index is 9.67. The van der Waals surface area contributed by atoms with Crippen LogP contribution in [-0.2, 0) is 0 Å². The predicted molar refractivity (Wildman–Crippen MR) is 48.9 cm³/mol. The van der Waals surface area contributed by atoms with Crippen molar-refractivity contribution in [1.82, 2.24) is 0 Å². The molecule has 0 saturated heterocycles. The minimum Gasteiger partial charge on any atom is -0.510 e. The molecule has 0 spiro atoms. The van der Waals surface area contributed by atoms with Crippen LogP contribution in [0, 0.1) is 11.8 Å². The Bertz CT molecular complexity index is 194. The molecule has 0 radical (unpaired) electrons. The molecule has 0 saturated carbocycles. The molecule has 2 heteroatoms. The van der Waals surface area contributed by atoms with Crippen LogP contribution >= 0.6 is 0 Å². The molecule has 0 aromatic carbocycles. The fraction of sp³-hybridized carbons (Fsp3) is 0.800. The second-order valence-electron chi connectivity index (χ2n) is 4.06. The van der Waals surface area contributed by atoms with Gasteiger partial charge >= 0.3 is 0 Å². The molecule has 0 heterocycles. The Morgan fingerprint density at radius 3 is 2.50 bits per heavy atom. The van der Waals surface area contributed by atoms with Gasteiger partial charge in [-0.2, -0.15) is 0 Å². The van der Waals surface area contributed by atoms with E-state index in [0.717, 1.165) is 18.4 Å². The van der Waals surface area contributed by atoms with Crippen LogP contribution in [0.2, 0.25) is 0 Å². The highest BCUT2D eigenvalue weighted by atomic mass is 16.3. The molecule has 0 amide bonds. The van der Waals surface area contributed by atoms with Crippen molar-refractivity contribution in [1.29, 1.82) is 0 Å². The monoisotopic (exact) mass is 170 g/mol. The van der Waals surface area contributed by atoms with E-state index in [2.05, 4.69) is 13.8 Å². The van der Waals surface area contributed by atoms with Crippen molar-refractivity contribution in [2.45, 2.75) is 39.7 Å². The first-order valence-corrected chi connectivity index (χ1v) is 4.60.